The second-order valence-electron chi connectivity index (χ2n) is 5.07. The molecule has 0 heterocycles. The Kier molecular flexibility index (Phi) is 5.63. The second kappa shape index (κ2) is 7.71. The summed E-state index contributed by atoms with van der Waals surface area (Å²) in [6.45, 7) is 2.72. The Labute approximate surface area is 121 Å². The Morgan fingerprint density at radius 3 is 2.20 bits per heavy atom. The lowest BCUT2D eigenvalue weighted by Crippen LogP contribution is -2.26. The molecule has 106 valence electrons. The first-order valence-corrected chi connectivity index (χ1v) is 7.31. The largest absolute Gasteiger partial charge is 0.489 e. The highest BCUT2D eigenvalue weighted by Gasteiger charge is 2.07. The number of ether oxygens (including phenoxy) is 1. The first-order valence-electron chi connectivity index (χ1n) is 7.31. The Balaban J connectivity index is 1.96. The third kappa shape index (κ3) is 4.39. The average Bonchev–Trinajstić information content (AvgIpc) is 2.50. The maximum Gasteiger partial charge on any atom is 0.119 e. The molecule has 0 aliphatic rings. The van der Waals surface area contributed by atoms with Crippen molar-refractivity contribution in [1.29, 1.82) is 0 Å². The van der Waals surface area contributed by atoms with E-state index in [0.717, 1.165) is 25.0 Å². The van der Waals surface area contributed by atoms with Gasteiger partial charge in [0.2, 0.25) is 0 Å². The van der Waals surface area contributed by atoms with Crippen LogP contribution in [0.5, 0.6) is 5.75 Å². The van der Waals surface area contributed by atoms with Crippen LogP contribution < -0.4 is 10.5 Å². The standard InChI is InChI=1S/C18H23NO/c1-2-6-18(14-19)20-17-11-9-16(10-12-17)13-15-7-4-3-5-8-15/h3-5,7-12,18H,2,6,13-14,19H2,1H3. The molecule has 1 unspecified atom stereocenters. The maximum atomic E-state index is 5.88. The van der Waals surface area contributed by atoms with Gasteiger partial charge in [0.1, 0.15) is 11.9 Å². The van der Waals surface area contributed by atoms with E-state index in [1.165, 1.54) is 11.1 Å². The summed E-state index contributed by atoms with van der Waals surface area (Å²) in [6.07, 6.45) is 3.17. The van der Waals surface area contributed by atoms with Crippen molar-refractivity contribution in [2.45, 2.75) is 32.3 Å². The van der Waals surface area contributed by atoms with Gasteiger partial charge in [-0.3, -0.25) is 0 Å². The van der Waals surface area contributed by atoms with Gasteiger partial charge in [0.15, 0.2) is 0 Å². The van der Waals surface area contributed by atoms with Gasteiger partial charge in [-0.25, -0.2) is 0 Å². The van der Waals surface area contributed by atoms with Crippen molar-refractivity contribution in [2.24, 2.45) is 5.73 Å². The third-order valence-electron chi connectivity index (χ3n) is 3.35. The molecule has 1 atom stereocenters. The summed E-state index contributed by atoms with van der Waals surface area (Å²) >= 11 is 0. The predicted molar refractivity (Wildman–Crippen MR) is 84.1 cm³/mol. The van der Waals surface area contributed by atoms with Crippen molar-refractivity contribution in [3.05, 3.63) is 65.7 Å². The molecule has 2 nitrogen and oxygen atoms in total. The fraction of sp³-hybridized carbons (Fsp3) is 0.333. The number of nitrogens with two attached hydrogens (primary N) is 1. The van der Waals surface area contributed by atoms with E-state index in [1.54, 1.807) is 0 Å². The minimum atomic E-state index is 0.125. The zero-order valence-electron chi connectivity index (χ0n) is 12.1. The van der Waals surface area contributed by atoms with E-state index in [1.807, 2.05) is 18.2 Å². The Morgan fingerprint density at radius 2 is 1.60 bits per heavy atom. The lowest BCUT2D eigenvalue weighted by Gasteiger charge is -2.16. The Bertz CT molecular complexity index is 493. The molecule has 2 N–H and O–H groups in total. The van der Waals surface area contributed by atoms with Crippen LogP contribution in [0.15, 0.2) is 54.6 Å². The van der Waals surface area contributed by atoms with Crippen LogP contribution in [-0.2, 0) is 6.42 Å². The van der Waals surface area contributed by atoms with Crippen LogP contribution in [-0.4, -0.2) is 12.6 Å². The van der Waals surface area contributed by atoms with Gasteiger partial charge in [-0.05, 0) is 36.1 Å². The zero-order chi connectivity index (χ0) is 14.2. The predicted octanol–water partition coefficient (Wildman–Crippen LogP) is 3.78. The van der Waals surface area contributed by atoms with E-state index in [-0.39, 0.29) is 6.10 Å². The minimum absolute atomic E-state index is 0.125. The van der Waals surface area contributed by atoms with E-state index in [4.69, 9.17) is 10.5 Å². The van der Waals surface area contributed by atoms with Crippen LogP contribution >= 0.6 is 0 Å². The van der Waals surface area contributed by atoms with Crippen LogP contribution in [0, 0.1) is 0 Å². The first-order chi connectivity index (χ1) is 9.81. The molecule has 0 fully saturated rings. The summed E-state index contributed by atoms with van der Waals surface area (Å²) in [5.41, 5.74) is 8.33. The van der Waals surface area contributed by atoms with Gasteiger partial charge in [0.05, 0.1) is 0 Å². The van der Waals surface area contributed by atoms with Crippen molar-refractivity contribution in [3.8, 4) is 5.75 Å². The lowest BCUT2D eigenvalue weighted by molar-refractivity contribution is 0.198. The molecule has 2 aromatic rings. The SMILES string of the molecule is CCCC(CN)Oc1ccc(Cc2ccccc2)cc1. The summed E-state index contributed by atoms with van der Waals surface area (Å²) in [5, 5.41) is 0. The van der Waals surface area contributed by atoms with E-state index >= 15 is 0 Å². The molecule has 2 rings (SSSR count). The van der Waals surface area contributed by atoms with Crippen LogP contribution in [0.4, 0.5) is 0 Å². The number of rotatable bonds is 7. The quantitative estimate of drug-likeness (QED) is 0.830. The van der Waals surface area contributed by atoms with E-state index < -0.39 is 0 Å². The van der Waals surface area contributed by atoms with Gasteiger partial charge in [0, 0.05) is 6.54 Å². The molecule has 0 radical (unpaired) electrons. The molecule has 0 bridgehead atoms. The van der Waals surface area contributed by atoms with Crippen molar-refractivity contribution < 1.29 is 4.74 Å². The molecule has 0 spiro atoms. The van der Waals surface area contributed by atoms with E-state index in [0.29, 0.717) is 6.54 Å². The molecule has 0 aromatic heterocycles. The molecule has 0 aliphatic carbocycles. The number of hydrogen-bond donors (Lipinski definition) is 1. The van der Waals surface area contributed by atoms with Gasteiger partial charge in [-0.2, -0.15) is 0 Å². The lowest BCUT2D eigenvalue weighted by atomic mass is 10.1. The van der Waals surface area contributed by atoms with Crippen molar-refractivity contribution >= 4 is 0 Å². The van der Waals surface area contributed by atoms with Crippen LogP contribution in [0.2, 0.25) is 0 Å². The van der Waals surface area contributed by atoms with Gasteiger partial charge in [-0.1, -0.05) is 55.8 Å². The second-order valence-corrected chi connectivity index (χ2v) is 5.07. The number of benzene rings is 2. The molecule has 2 heteroatoms. The van der Waals surface area contributed by atoms with Crippen LogP contribution in [0.25, 0.3) is 0 Å². The van der Waals surface area contributed by atoms with E-state index in [2.05, 4.69) is 43.3 Å². The normalized spacial score (nSPS) is 12.1. The highest BCUT2D eigenvalue weighted by Crippen LogP contribution is 2.17. The molecular weight excluding hydrogens is 246 g/mol. The van der Waals surface area contributed by atoms with Crippen molar-refractivity contribution in [2.75, 3.05) is 6.54 Å². The molecule has 0 amide bonds. The van der Waals surface area contributed by atoms with E-state index in [9.17, 15) is 0 Å². The average molecular weight is 269 g/mol. The monoisotopic (exact) mass is 269 g/mol. The molecule has 0 saturated heterocycles. The Morgan fingerprint density at radius 1 is 0.950 bits per heavy atom. The maximum absolute atomic E-state index is 5.88. The molecular formula is C18H23NO. The highest BCUT2D eigenvalue weighted by atomic mass is 16.5. The van der Waals surface area contributed by atoms with Gasteiger partial charge >= 0.3 is 0 Å². The molecule has 2 aromatic carbocycles. The van der Waals surface area contributed by atoms with Crippen LogP contribution in [0.3, 0.4) is 0 Å². The van der Waals surface area contributed by atoms with Crippen molar-refractivity contribution in [1.82, 2.24) is 0 Å². The van der Waals surface area contributed by atoms with Crippen LogP contribution in [0.1, 0.15) is 30.9 Å². The molecule has 20 heavy (non-hydrogen) atoms. The van der Waals surface area contributed by atoms with Gasteiger partial charge in [0.25, 0.3) is 0 Å². The Hall–Kier alpha value is -1.80. The molecule has 0 aliphatic heterocycles. The van der Waals surface area contributed by atoms with Crippen molar-refractivity contribution in [3.63, 3.8) is 0 Å². The summed E-state index contributed by atoms with van der Waals surface area (Å²) in [6, 6.07) is 18.8. The van der Waals surface area contributed by atoms with Gasteiger partial charge in [-0.15, -0.1) is 0 Å². The topological polar surface area (TPSA) is 35.2 Å². The number of hydrogen-bond acceptors (Lipinski definition) is 2. The fourth-order valence-corrected chi connectivity index (χ4v) is 2.26. The zero-order valence-corrected chi connectivity index (χ0v) is 12.1. The van der Waals surface area contributed by atoms with Gasteiger partial charge < -0.3 is 10.5 Å². The fourth-order valence-electron chi connectivity index (χ4n) is 2.26. The molecule has 0 saturated carbocycles. The first kappa shape index (κ1) is 14.6. The summed E-state index contributed by atoms with van der Waals surface area (Å²) in [7, 11) is 0. The summed E-state index contributed by atoms with van der Waals surface area (Å²) < 4.78 is 5.88. The summed E-state index contributed by atoms with van der Waals surface area (Å²) in [5.74, 6) is 0.908. The minimum Gasteiger partial charge on any atom is -0.489 e. The highest BCUT2D eigenvalue weighted by molar-refractivity contribution is 5.31. The third-order valence-corrected chi connectivity index (χ3v) is 3.35. The smallest absolute Gasteiger partial charge is 0.119 e. The summed E-state index contributed by atoms with van der Waals surface area (Å²) in [4.78, 5) is 0.